The molecule has 1 N–H and O–H groups in total. The van der Waals surface area contributed by atoms with Crippen molar-refractivity contribution in [1.82, 2.24) is 14.5 Å². The fourth-order valence-electron chi connectivity index (χ4n) is 2.97. The van der Waals surface area contributed by atoms with Gasteiger partial charge in [-0.25, -0.2) is 9.97 Å². The maximum absolute atomic E-state index is 9.37. The van der Waals surface area contributed by atoms with Crippen LogP contribution in [0.4, 0.5) is 0 Å². The molecule has 3 rings (SSSR count). The zero-order chi connectivity index (χ0) is 12.5. The van der Waals surface area contributed by atoms with Crippen molar-refractivity contribution in [2.45, 2.75) is 25.8 Å². The third-order valence-electron chi connectivity index (χ3n) is 3.99. The van der Waals surface area contributed by atoms with Gasteiger partial charge in [0.15, 0.2) is 0 Å². The van der Waals surface area contributed by atoms with E-state index in [1.807, 2.05) is 12.3 Å². The van der Waals surface area contributed by atoms with Crippen LogP contribution in [0.3, 0.4) is 0 Å². The van der Waals surface area contributed by atoms with Crippen LogP contribution in [0, 0.1) is 11.8 Å². The molecule has 2 aromatic rings. The molecule has 0 bridgehead atoms. The topological polar surface area (TPSA) is 50.9 Å². The Labute approximate surface area is 111 Å². The highest BCUT2D eigenvalue weighted by molar-refractivity contribution is 6.33. The van der Waals surface area contributed by atoms with E-state index in [9.17, 15) is 5.11 Å². The van der Waals surface area contributed by atoms with Gasteiger partial charge in [-0.05, 0) is 30.7 Å². The van der Waals surface area contributed by atoms with Gasteiger partial charge in [0.2, 0.25) is 0 Å². The molecule has 1 aliphatic rings. The molecule has 1 aliphatic carbocycles. The number of aromatic nitrogens is 3. The van der Waals surface area contributed by atoms with Crippen LogP contribution in [0.1, 0.15) is 19.3 Å². The van der Waals surface area contributed by atoms with Crippen molar-refractivity contribution < 1.29 is 5.11 Å². The van der Waals surface area contributed by atoms with Crippen molar-refractivity contribution in [1.29, 1.82) is 0 Å². The smallest absolute Gasteiger partial charge is 0.144 e. The second-order valence-corrected chi connectivity index (χ2v) is 5.36. The maximum atomic E-state index is 9.37. The Morgan fingerprint density at radius 1 is 1.33 bits per heavy atom. The standard InChI is InChI=1S/C13H16ClN3O/c14-12-11-4-5-17(13(11)16-8-15-12)6-9-2-1-3-10(9)7-18/h4-5,8-10,18H,1-3,6-7H2/t9-,10-/m1/s1. The van der Waals surface area contributed by atoms with Crippen LogP contribution >= 0.6 is 11.6 Å². The van der Waals surface area contributed by atoms with Gasteiger partial charge in [0, 0.05) is 19.3 Å². The van der Waals surface area contributed by atoms with E-state index in [0.717, 1.165) is 24.0 Å². The second-order valence-electron chi connectivity index (χ2n) is 5.00. The molecular weight excluding hydrogens is 250 g/mol. The average Bonchev–Trinajstić information content (AvgIpc) is 2.98. The van der Waals surface area contributed by atoms with E-state index in [4.69, 9.17) is 11.6 Å². The van der Waals surface area contributed by atoms with Gasteiger partial charge in [-0.1, -0.05) is 18.0 Å². The number of rotatable bonds is 3. The predicted octanol–water partition coefficient (Wildman–Crippen LogP) is 2.49. The van der Waals surface area contributed by atoms with Crippen LogP contribution in [0.25, 0.3) is 11.0 Å². The molecule has 0 radical (unpaired) electrons. The summed E-state index contributed by atoms with van der Waals surface area (Å²) in [7, 11) is 0. The molecular formula is C13H16ClN3O. The summed E-state index contributed by atoms with van der Waals surface area (Å²) in [5.41, 5.74) is 0.888. The van der Waals surface area contributed by atoms with E-state index in [1.54, 1.807) is 0 Å². The Kier molecular flexibility index (Phi) is 3.22. The minimum Gasteiger partial charge on any atom is -0.396 e. The summed E-state index contributed by atoms with van der Waals surface area (Å²) in [6, 6.07) is 1.96. The van der Waals surface area contributed by atoms with E-state index in [-0.39, 0.29) is 0 Å². The van der Waals surface area contributed by atoms with Crippen molar-refractivity contribution >= 4 is 22.6 Å². The zero-order valence-corrected chi connectivity index (χ0v) is 10.8. The molecule has 0 aromatic carbocycles. The highest BCUT2D eigenvalue weighted by Crippen LogP contribution is 2.33. The monoisotopic (exact) mass is 265 g/mol. The number of fused-ring (bicyclic) bond motifs is 1. The predicted molar refractivity (Wildman–Crippen MR) is 70.5 cm³/mol. The lowest BCUT2D eigenvalue weighted by Crippen LogP contribution is -2.17. The molecule has 96 valence electrons. The lowest BCUT2D eigenvalue weighted by molar-refractivity contribution is 0.185. The Morgan fingerprint density at radius 3 is 3.00 bits per heavy atom. The fourth-order valence-corrected chi connectivity index (χ4v) is 3.16. The summed E-state index contributed by atoms with van der Waals surface area (Å²) in [5.74, 6) is 0.971. The average molecular weight is 266 g/mol. The van der Waals surface area contributed by atoms with Gasteiger partial charge < -0.3 is 9.67 Å². The van der Waals surface area contributed by atoms with Gasteiger partial charge in [0.1, 0.15) is 17.1 Å². The summed E-state index contributed by atoms with van der Waals surface area (Å²) in [6.07, 6.45) is 7.04. The zero-order valence-electron chi connectivity index (χ0n) is 10.1. The van der Waals surface area contributed by atoms with Crippen LogP contribution in [0.15, 0.2) is 18.6 Å². The molecule has 1 fully saturated rings. The van der Waals surface area contributed by atoms with Crippen LogP contribution in [0.5, 0.6) is 0 Å². The molecule has 0 saturated heterocycles. The number of hydrogen-bond donors (Lipinski definition) is 1. The summed E-state index contributed by atoms with van der Waals surface area (Å²) >= 11 is 6.04. The molecule has 5 heteroatoms. The first-order valence-corrected chi connectivity index (χ1v) is 6.73. The molecule has 0 unspecified atom stereocenters. The molecule has 0 aliphatic heterocycles. The minimum absolute atomic E-state index is 0.291. The van der Waals surface area contributed by atoms with Crippen LogP contribution < -0.4 is 0 Å². The van der Waals surface area contributed by atoms with E-state index in [1.165, 1.54) is 19.2 Å². The molecule has 0 spiro atoms. The molecule has 2 atom stereocenters. The van der Waals surface area contributed by atoms with Crippen LogP contribution in [-0.2, 0) is 6.54 Å². The van der Waals surface area contributed by atoms with Crippen molar-refractivity contribution in [3.63, 3.8) is 0 Å². The highest BCUT2D eigenvalue weighted by atomic mass is 35.5. The Hall–Kier alpha value is -1.13. The lowest BCUT2D eigenvalue weighted by Gasteiger charge is -2.18. The quantitative estimate of drug-likeness (QED) is 0.868. The number of aliphatic hydroxyl groups is 1. The third-order valence-corrected chi connectivity index (χ3v) is 4.29. The molecule has 0 amide bonds. The molecule has 18 heavy (non-hydrogen) atoms. The lowest BCUT2D eigenvalue weighted by atomic mass is 9.97. The first kappa shape index (κ1) is 11.9. The van der Waals surface area contributed by atoms with E-state index in [0.29, 0.717) is 23.6 Å². The molecule has 1 saturated carbocycles. The second kappa shape index (κ2) is 4.86. The van der Waals surface area contributed by atoms with Crippen molar-refractivity contribution in [3.8, 4) is 0 Å². The van der Waals surface area contributed by atoms with E-state index in [2.05, 4.69) is 14.5 Å². The van der Waals surface area contributed by atoms with Gasteiger partial charge in [0.25, 0.3) is 0 Å². The van der Waals surface area contributed by atoms with Gasteiger partial charge >= 0.3 is 0 Å². The number of hydrogen-bond acceptors (Lipinski definition) is 3. The Balaban J connectivity index is 1.89. The van der Waals surface area contributed by atoms with E-state index >= 15 is 0 Å². The Bertz CT molecular complexity index is 554. The van der Waals surface area contributed by atoms with Gasteiger partial charge in [0.05, 0.1) is 5.39 Å². The summed E-state index contributed by atoms with van der Waals surface area (Å²) < 4.78 is 2.13. The third kappa shape index (κ3) is 1.99. The number of halogens is 1. The maximum Gasteiger partial charge on any atom is 0.144 e. The highest BCUT2D eigenvalue weighted by Gasteiger charge is 2.27. The normalized spacial score (nSPS) is 23.9. The van der Waals surface area contributed by atoms with Crippen molar-refractivity contribution in [2.24, 2.45) is 11.8 Å². The van der Waals surface area contributed by atoms with Crippen LogP contribution in [0.2, 0.25) is 5.15 Å². The first-order valence-electron chi connectivity index (χ1n) is 6.36. The largest absolute Gasteiger partial charge is 0.396 e. The van der Waals surface area contributed by atoms with Crippen molar-refractivity contribution in [3.05, 3.63) is 23.7 Å². The summed E-state index contributed by atoms with van der Waals surface area (Å²) in [4.78, 5) is 8.28. The van der Waals surface area contributed by atoms with Crippen molar-refractivity contribution in [2.75, 3.05) is 6.61 Å². The van der Waals surface area contributed by atoms with Gasteiger partial charge in [-0.15, -0.1) is 0 Å². The van der Waals surface area contributed by atoms with E-state index < -0.39 is 0 Å². The minimum atomic E-state index is 0.291. The number of aliphatic hydroxyl groups excluding tert-OH is 1. The summed E-state index contributed by atoms with van der Waals surface area (Å²) in [5, 5.41) is 10.8. The molecule has 2 aromatic heterocycles. The first-order chi connectivity index (χ1) is 8.79. The summed E-state index contributed by atoms with van der Waals surface area (Å²) in [6.45, 7) is 1.20. The Morgan fingerprint density at radius 2 is 2.17 bits per heavy atom. The fraction of sp³-hybridized carbons (Fsp3) is 0.538. The van der Waals surface area contributed by atoms with Crippen LogP contribution in [-0.4, -0.2) is 26.2 Å². The van der Waals surface area contributed by atoms with Gasteiger partial charge in [-0.3, -0.25) is 0 Å². The SMILES string of the molecule is OC[C@H]1CCC[C@@H]1Cn1ccc2c(Cl)ncnc21. The molecule has 4 nitrogen and oxygen atoms in total. The van der Waals surface area contributed by atoms with Gasteiger partial charge in [-0.2, -0.15) is 0 Å². The molecule has 2 heterocycles. The number of nitrogens with zero attached hydrogens (tertiary/aromatic N) is 3.